The Kier molecular flexibility index (Phi) is 5.87. The Morgan fingerprint density at radius 2 is 2.09 bits per heavy atom. The summed E-state index contributed by atoms with van der Waals surface area (Å²) >= 11 is 14.0. The number of halogens is 2. The van der Waals surface area contributed by atoms with Gasteiger partial charge in [-0.05, 0) is 44.0 Å². The average Bonchev–Trinajstić information content (AvgIpc) is 3.01. The number of likely N-dealkylation sites (N-methyl/N-ethyl adjacent to an activating group) is 1. The lowest BCUT2D eigenvalue weighted by Gasteiger charge is -2.23. The van der Waals surface area contributed by atoms with E-state index in [4.69, 9.17) is 23.2 Å². The monoisotopic (exact) mass is 356 g/mol. The van der Waals surface area contributed by atoms with Crippen LogP contribution in [0, 0.1) is 6.92 Å². The van der Waals surface area contributed by atoms with E-state index in [2.05, 4.69) is 18.3 Å². The Morgan fingerprint density at radius 3 is 2.73 bits per heavy atom. The zero-order valence-electron chi connectivity index (χ0n) is 12.7. The molecule has 1 aromatic carbocycles. The number of aryl methyl sites for hydroxylation is 1. The summed E-state index contributed by atoms with van der Waals surface area (Å²) < 4.78 is 0. The third kappa shape index (κ3) is 4.02. The summed E-state index contributed by atoms with van der Waals surface area (Å²) in [6.45, 7) is 4.21. The highest BCUT2D eigenvalue weighted by molar-refractivity contribution is 7.10. The third-order valence-electron chi connectivity index (χ3n) is 3.56. The average molecular weight is 357 g/mol. The molecular weight excluding hydrogens is 339 g/mol. The van der Waals surface area contributed by atoms with Gasteiger partial charge in [0.15, 0.2) is 0 Å². The molecule has 1 N–H and O–H groups in total. The summed E-state index contributed by atoms with van der Waals surface area (Å²) in [5, 5.41) is 5.77. The number of amides is 1. The lowest BCUT2D eigenvalue weighted by atomic mass is 10.2. The van der Waals surface area contributed by atoms with Gasteiger partial charge in [-0.1, -0.05) is 35.3 Å². The van der Waals surface area contributed by atoms with E-state index in [0.29, 0.717) is 15.7 Å². The number of thiophene rings is 1. The number of benzene rings is 1. The smallest absolute Gasteiger partial charge is 0.238 e. The van der Waals surface area contributed by atoms with Gasteiger partial charge in [0.25, 0.3) is 0 Å². The number of nitrogens with one attached hydrogen (secondary N) is 1. The first-order valence-electron chi connectivity index (χ1n) is 6.88. The summed E-state index contributed by atoms with van der Waals surface area (Å²) in [4.78, 5) is 15.5. The molecule has 0 radical (unpaired) electrons. The van der Waals surface area contributed by atoms with Gasteiger partial charge >= 0.3 is 0 Å². The molecule has 0 bridgehead atoms. The first-order valence-corrected chi connectivity index (χ1v) is 8.51. The highest BCUT2D eigenvalue weighted by Crippen LogP contribution is 2.33. The predicted octanol–water partition coefficient (Wildman–Crippen LogP) is 4.99. The van der Waals surface area contributed by atoms with E-state index in [1.54, 1.807) is 17.4 Å². The van der Waals surface area contributed by atoms with Crippen molar-refractivity contribution in [3.8, 4) is 0 Å². The van der Waals surface area contributed by atoms with Crippen LogP contribution in [0.2, 0.25) is 10.0 Å². The quantitative estimate of drug-likeness (QED) is 0.817. The molecule has 118 valence electrons. The van der Waals surface area contributed by atoms with E-state index >= 15 is 0 Å². The molecule has 1 aromatic heterocycles. The van der Waals surface area contributed by atoms with Crippen LogP contribution < -0.4 is 5.32 Å². The summed E-state index contributed by atoms with van der Waals surface area (Å²) in [5.41, 5.74) is 1.35. The molecule has 0 saturated heterocycles. The first-order chi connectivity index (χ1) is 10.4. The van der Waals surface area contributed by atoms with Crippen LogP contribution in [-0.4, -0.2) is 24.4 Å². The molecule has 0 aliphatic heterocycles. The van der Waals surface area contributed by atoms with Gasteiger partial charge in [0.05, 0.1) is 22.3 Å². The Labute approximate surface area is 144 Å². The molecule has 22 heavy (non-hydrogen) atoms. The fraction of sp³-hybridized carbons (Fsp3) is 0.312. The molecule has 3 nitrogen and oxygen atoms in total. The maximum atomic E-state index is 12.2. The molecule has 0 saturated carbocycles. The molecule has 1 heterocycles. The van der Waals surface area contributed by atoms with E-state index in [1.165, 1.54) is 4.88 Å². The van der Waals surface area contributed by atoms with Crippen molar-refractivity contribution >= 4 is 46.1 Å². The van der Waals surface area contributed by atoms with Gasteiger partial charge < -0.3 is 5.32 Å². The van der Waals surface area contributed by atoms with E-state index in [0.717, 1.165) is 5.56 Å². The van der Waals surface area contributed by atoms with Crippen molar-refractivity contribution in [3.05, 3.63) is 50.1 Å². The molecule has 1 atom stereocenters. The minimum Gasteiger partial charge on any atom is -0.322 e. The molecule has 0 aliphatic rings. The SMILES string of the molecule is Cc1ccc(Cl)c(NC(=O)CN(C)[C@@H](C)c2cccs2)c1Cl. The number of carbonyl (C=O) groups is 1. The number of nitrogens with zero attached hydrogens (tertiary/aromatic N) is 1. The second kappa shape index (κ2) is 7.47. The highest BCUT2D eigenvalue weighted by Gasteiger charge is 2.17. The van der Waals surface area contributed by atoms with Crippen molar-refractivity contribution in [2.45, 2.75) is 19.9 Å². The van der Waals surface area contributed by atoms with Crippen LogP contribution in [-0.2, 0) is 4.79 Å². The zero-order valence-corrected chi connectivity index (χ0v) is 15.0. The van der Waals surface area contributed by atoms with Crippen molar-refractivity contribution < 1.29 is 4.79 Å². The maximum absolute atomic E-state index is 12.2. The summed E-state index contributed by atoms with van der Waals surface area (Å²) in [7, 11) is 1.92. The van der Waals surface area contributed by atoms with Crippen LogP contribution in [0.15, 0.2) is 29.6 Å². The Hall–Kier alpha value is -1.07. The molecule has 1 amide bonds. The Morgan fingerprint density at radius 1 is 1.36 bits per heavy atom. The van der Waals surface area contributed by atoms with Crippen LogP contribution in [0.3, 0.4) is 0 Å². The predicted molar refractivity (Wildman–Crippen MR) is 95.2 cm³/mol. The minimum absolute atomic E-state index is 0.139. The van der Waals surface area contributed by atoms with Crippen molar-refractivity contribution in [2.24, 2.45) is 0 Å². The van der Waals surface area contributed by atoms with E-state index in [9.17, 15) is 4.79 Å². The second-order valence-corrected chi connectivity index (χ2v) is 6.97. The molecule has 2 aromatic rings. The number of hydrogen-bond donors (Lipinski definition) is 1. The standard InChI is InChI=1S/C16H18Cl2N2OS/c1-10-6-7-12(17)16(15(10)18)19-14(21)9-20(3)11(2)13-5-4-8-22-13/h4-8,11H,9H2,1-3H3,(H,19,21)/t11-/m0/s1. The fourth-order valence-electron chi connectivity index (χ4n) is 2.06. The molecule has 0 unspecified atom stereocenters. The largest absolute Gasteiger partial charge is 0.322 e. The van der Waals surface area contributed by atoms with Crippen LogP contribution in [0.5, 0.6) is 0 Å². The minimum atomic E-state index is -0.139. The number of hydrogen-bond acceptors (Lipinski definition) is 3. The maximum Gasteiger partial charge on any atom is 0.238 e. The van der Waals surface area contributed by atoms with Crippen LogP contribution in [0.25, 0.3) is 0 Å². The Balaban J connectivity index is 2.03. The van der Waals surface area contributed by atoms with Gasteiger partial charge in [-0.2, -0.15) is 0 Å². The van der Waals surface area contributed by atoms with E-state index in [1.807, 2.05) is 36.4 Å². The third-order valence-corrected chi connectivity index (χ3v) is 5.40. The molecule has 6 heteroatoms. The first kappa shape index (κ1) is 17.3. The van der Waals surface area contributed by atoms with Gasteiger partial charge in [0.1, 0.15) is 0 Å². The lowest BCUT2D eigenvalue weighted by Crippen LogP contribution is -2.32. The van der Waals surface area contributed by atoms with Crippen molar-refractivity contribution in [2.75, 3.05) is 18.9 Å². The van der Waals surface area contributed by atoms with Gasteiger partial charge in [-0.25, -0.2) is 0 Å². The molecule has 2 rings (SSSR count). The van der Waals surface area contributed by atoms with Crippen molar-refractivity contribution in [1.82, 2.24) is 4.90 Å². The number of rotatable bonds is 5. The Bertz CT molecular complexity index is 658. The fourth-order valence-corrected chi connectivity index (χ4v) is 3.37. The van der Waals surface area contributed by atoms with Gasteiger partial charge in [0, 0.05) is 10.9 Å². The van der Waals surface area contributed by atoms with Crippen molar-refractivity contribution in [1.29, 1.82) is 0 Å². The molecule has 0 aliphatic carbocycles. The molecular formula is C16H18Cl2N2OS. The number of carbonyl (C=O) groups excluding carboxylic acids is 1. The summed E-state index contributed by atoms with van der Waals surface area (Å²) in [6.07, 6.45) is 0. The highest BCUT2D eigenvalue weighted by atomic mass is 35.5. The van der Waals surface area contributed by atoms with E-state index < -0.39 is 0 Å². The second-order valence-electron chi connectivity index (χ2n) is 5.21. The zero-order chi connectivity index (χ0) is 16.3. The topological polar surface area (TPSA) is 32.3 Å². The lowest BCUT2D eigenvalue weighted by molar-refractivity contribution is -0.117. The summed E-state index contributed by atoms with van der Waals surface area (Å²) in [6, 6.07) is 7.81. The molecule has 0 fully saturated rings. The van der Waals surface area contributed by atoms with Crippen LogP contribution in [0.1, 0.15) is 23.4 Å². The summed E-state index contributed by atoms with van der Waals surface area (Å²) in [5.74, 6) is -0.139. The van der Waals surface area contributed by atoms with Crippen LogP contribution >= 0.6 is 34.5 Å². The van der Waals surface area contributed by atoms with Gasteiger partial charge in [0.2, 0.25) is 5.91 Å². The molecule has 0 spiro atoms. The number of anilines is 1. The normalized spacial score (nSPS) is 12.5. The van der Waals surface area contributed by atoms with Gasteiger partial charge in [-0.3, -0.25) is 9.69 Å². The van der Waals surface area contributed by atoms with Gasteiger partial charge in [-0.15, -0.1) is 11.3 Å². The van der Waals surface area contributed by atoms with Crippen molar-refractivity contribution in [3.63, 3.8) is 0 Å². The van der Waals surface area contributed by atoms with E-state index in [-0.39, 0.29) is 18.5 Å². The van der Waals surface area contributed by atoms with Crippen LogP contribution in [0.4, 0.5) is 5.69 Å².